The van der Waals surface area contributed by atoms with Crippen molar-refractivity contribution in [3.8, 4) is 0 Å². The van der Waals surface area contributed by atoms with E-state index in [1.807, 2.05) is 41.5 Å². The molecule has 0 saturated heterocycles. The fourth-order valence-corrected chi connectivity index (χ4v) is 9.89. The summed E-state index contributed by atoms with van der Waals surface area (Å²) in [6.45, 7) is 0.428. The molecule has 0 atom stereocenters. The van der Waals surface area contributed by atoms with Gasteiger partial charge in [0.2, 0.25) is 12.8 Å². The first kappa shape index (κ1) is 38.2. The summed E-state index contributed by atoms with van der Waals surface area (Å²) in [5.74, 6) is 2.62. The lowest BCUT2D eigenvalue weighted by atomic mass is 10.5. The molecule has 0 aromatic heterocycles. The number of aliphatic imine (C=N–C) groups is 2. The van der Waals surface area contributed by atoms with E-state index < -0.39 is 0 Å². The number of carbonyl (C=O) groups excluding carboxylic acids is 1. The van der Waals surface area contributed by atoms with E-state index in [0.29, 0.717) is 42.5 Å². The van der Waals surface area contributed by atoms with Gasteiger partial charge in [-0.15, -0.1) is 106 Å². The van der Waals surface area contributed by atoms with Crippen molar-refractivity contribution in [3.63, 3.8) is 0 Å². The van der Waals surface area contributed by atoms with E-state index in [2.05, 4.69) is 15.3 Å². The third-order valence-corrected chi connectivity index (χ3v) is 12.5. The number of alkyl carbamates (subject to hydrolysis) is 1. The summed E-state index contributed by atoms with van der Waals surface area (Å²) in [7, 11) is 0. The Morgan fingerprint density at radius 2 is 1.38 bits per heavy atom. The van der Waals surface area contributed by atoms with Gasteiger partial charge in [-0.25, -0.2) is 14.8 Å². The van der Waals surface area contributed by atoms with E-state index in [1.165, 1.54) is 12.8 Å². The topological polar surface area (TPSA) is 120 Å². The molecular weight excluding hydrogens is 659 g/mol. The number of amides is 1. The number of aliphatic hydroxyl groups excluding tert-OH is 1. The zero-order valence-electron chi connectivity index (χ0n) is 20.5. The van der Waals surface area contributed by atoms with Crippen molar-refractivity contribution in [2.45, 2.75) is 6.42 Å². The molecule has 0 aliphatic heterocycles. The standard InChI is InChI=1S/C18H35N3O7S9/c1-29-7-19-5-27-28-11-33-15-37-17-36-14-32-10-24-18(23)21-9-31-13-35-16-34-12-30-8-20-6-26-25-4-2-3-22/h5-6,22H,2-4,7-17H2,1H3,(H,21,23)/b19-5+,20-6+. The largest absolute Gasteiger partial charge is 0.438 e. The Labute approximate surface area is 258 Å². The van der Waals surface area contributed by atoms with Crippen molar-refractivity contribution in [1.29, 1.82) is 0 Å². The van der Waals surface area contributed by atoms with Gasteiger partial charge >= 0.3 is 6.09 Å². The molecule has 19 heteroatoms. The van der Waals surface area contributed by atoms with Crippen molar-refractivity contribution in [2.24, 2.45) is 9.98 Å². The van der Waals surface area contributed by atoms with Crippen LogP contribution >= 0.6 is 106 Å². The zero-order chi connectivity index (χ0) is 26.9. The summed E-state index contributed by atoms with van der Waals surface area (Å²) >= 11 is 15.4. The first-order chi connectivity index (χ1) is 18.3. The van der Waals surface area contributed by atoms with E-state index in [9.17, 15) is 4.79 Å². The Kier molecular flexibility index (Phi) is 36.4. The third kappa shape index (κ3) is 35.2. The van der Waals surface area contributed by atoms with Gasteiger partial charge in [0.05, 0.1) is 24.2 Å². The first-order valence-electron chi connectivity index (χ1n) is 10.5. The maximum atomic E-state index is 11.7. The molecule has 0 heterocycles. The number of hydrogen-bond donors (Lipinski definition) is 2. The summed E-state index contributed by atoms with van der Waals surface area (Å²) in [5.41, 5.74) is 0. The van der Waals surface area contributed by atoms with Gasteiger partial charge in [0, 0.05) is 37.1 Å². The maximum absolute atomic E-state index is 11.7. The van der Waals surface area contributed by atoms with Crippen LogP contribution < -0.4 is 5.32 Å². The predicted molar refractivity (Wildman–Crippen MR) is 175 cm³/mol. The van der Waals surface area contributed by atoms with Crippen LogP contribution in [0.5, 0.6) is 0 Å². The van der Waals surface area contributed by atoms with Gasteiger partial charge in [-0.3, -0.25) is 0 Å². The number of hydrogen-bond acceptors (Lipinski definition) is 18. The molecule has 0 rings (SSSR count). The average Bonchev–Trinajstić information content (AvgIpc) is 2.90. The Morgan fingerprint density at radius 3 is 2.08 bits per heavy atom. The van der Waals surface area contributed by atoms with Crippen LogP contribution in [-0.2, 0) is 24.3 Å². The van der Waals surface area contributed by atoms with E-state index in [4.69, 9.17) is 29.4 Å². The molecule has 0 bridgehead atoms. The fraction of sp³-hybridized carbons (Fsp3) is 0.833. The molecule has 0 fully saturated rings. The van der Waals surface area contributed by atoms with Crippen LogP contribution in [0.3, 0.4) is 0 Å². The minimum absolute atomic E-state index is 0.0808. The summed E-state index contributed by atoms with van der Waals surface area (Å²) in [6, 6.07) is 0. The lowest BCUT2D eigenvalue weighted by Gasteiger charge is -2.07. The van der Waals surface area contributed by atoms with Crippen molar-refractivity contribution in [1.82, 2.24) is 5.32 Å². The lowest BCUT2D eigenvalue weighted by molar-refractivity contribution is -0.217. The normalized spacial score (nSPS) is 11.4. The fourth-order valence-electron chi connectivity index (χ4n) is 1.44. The molecule has 1 amide bonds. The number of nitrogens with one attached hydrogen (secondary N) is 1. The van der Waals surface area contributed by atoms with Crippen LogP contribution in [0.1, 0.15) is 6.42 Å². The smallest absolute Gasteiger partial charge is 0.408 e. The molecule has 0 saturated carbocycles. The van der Waals surface area contributed by atoms with Crippen LogP contribution in [0.4, 0.5) is 4.79 Å². The average molecular weight is 694 g/mol. The van der Waals surface area contributed by atoms with E-state index in [-0.39, 0.29) is 12.7 Å². The number of rotatable bonds is 29. The summed E-state index contributed by atoms with van der Waals surface area (Å²) in [6.07, 6.45) is 4.72. The highest BCUT2D eigenvalue weighted by Gasteiger charge is 2.01. The van der Waals surface area contributed by atoms with Gasteiger partial charge in [0.15, 0.2) is 0 Å². The van der Waals surface area contributed by atoms with Crippen LogP contribution in [-0.4, -0.2) is 103 Å². The van der Waals surface area contributed by atoms with E-state index >= 15 is 0 Å². The Balaban J connectivity index is 3.20. The van der Waals surface area contributed by atoms with E-state index in [1.54, 1.807) is 70.6 Å². The van der Waals surface area contributed by atoms with Crippen molar-refractivity contribution < 1.29 is 34.2 Å². The molecule has 0 aromatic rings. The predicted octanol–water partition coefficient (Wildman–Crippen LogP) is 5.81. The minimum Gasteiger partial charge on any atom is -0.438 e. The van der Waals surface area contributed by atoms with Gasteiger partial charge in [-0.1, -0.05) is 0 Å². The summed E-state index contributed by atoms with van der Waals surface area (Å²) in [4.78, 5) is 38.9. The highest BCUT2D eigenvalue weighted by molar-refractivity contribution is 8.26. The zero-order valence-corrected chi connectivity index (χ0v) is 27.9. The van der Waals surface area contributed by atoms with Crippen molar-refractivity contribution >= 4 is 125 Å². The van der Waals surface area contributed by atoms with Gasteiger partial charge < -0.3 is 24.9 Å². The van der Waals surface area contributed by atoms with Crippen LogP contribution in [0.2, 0.25) is 0 Å². The lowest BCUT2D eigenvalue weighted by Crippen LogP contribution is -2.23. The van der Waals surface area contributed by atoms with Crippen molar-refractivity contribution in [2.75, 3.05) is 79.5 Å². The van der Waals surface area contributed by atoms with Gasteiger partial charge in [0.25, 0.3) is 0 Å². The first-order valence-corrected chi connectivity index (χ1v) is 21.1. The minimum atomic E-state index is -0.379. The molecule has 218 valence electrons. The number of carbonyl (C=O) groups is 1. The molecule has 0 aromatic carbocycles. The molecule has 10 nitrogen and oxygen atoms in total. The van der Waals surface area contributed by atoms with Crippen LogP contribution in [0.15, 0.2) is 9.98 Å². The van der Waals surface area contributed by atoms with Gasteiger partial charge in [-0.2, -0.15) is 9.78 Å². The molecule has 0 aliphatic carbocycles. The second kappa shape index (κ2) is 35.3. The summed E-state index contributed by atoms with van der Waals surface area (Å²) in [5, 5.41) is 16.9. The van der Waals surface area contributed by atoms with Crippen molar-refractivity contribution in [3.05, 3.63) is 0 Å². The Hall–Kier alpha value is 1.24. The summed E-state index contributed by atoms with van der Waals surface area (Å²) < 4.78 is 5.15. The van der Waals surface area contributed by atoms with Crippen LogP contribution in [0, 0.1) is 0 Å². The monoisotopic (exact) mass is 693 g/mol. The molecular formula is C18H35N3O7S9. The number of ether oxygens (including phenoxy) is 1. The van der Waals surface area contributed by atoms with Crippen LogP contribution in [0.25, 0.3) is 0 Å². The molecule has 0 radical (unpaired) electrons. The molecule has 2 N–H and O–H groups in total. The number of thioether (sulfide) groups is 9. The van der Waals surface area contributed by atoms with Gasteiger partial charge in [0.1, 0.15) is 11.9 Å². The maximum Gasteiger partial charge on any atom is 0.408 e. The second-order valence-corrected chi connectivity index (χ2v) is 16.4. The molecule has 37 heavy (non-hydrogen) atoms. The highest BCUT2D eigenvalue weighted by Crippen LogP contribution is 2.22. The van der Waals surface area contributed by atoms with Gasteiger partial charge in [-0.05, 0) is 12.7 Å². The molecule has 0 aliphatic rings. The number of aliphatic hydroxyl groups is 1. The highest BCUT2D eigenvalue weighted by atomic mass is 32.3. The Morgan fingerprint density at radius 1 is 0.784 bits per heavy atom. The Bertz CT molecular complexity index is 547. The molecule has 0 unspecified atom stereocenters. The van der Waals surface area contributed by atoms with E-state index in [0.717, 1.165) is 30.5 Å². The SMILES string of the molecule is CSC/N=C/OOCSCSCSCSCOC(=O)NCSCSCSCSC/N=C/OOCCCO. The number of nitrogens with zero attached hydrogens (tertiary/aromatic N) is 2. The third-order valence-electron chi connectivity index (χ3n) is 2.85. The quantitative estimate of drug-likeness (QED) is 0.0245. The molecule has 0 spiro atoms. The second-order valence-electron chi connectivity index (χ2n) is 5.66.